The van der Waals surface area contributed by atoms with Crippen molar-refractivity contribution in [1.29, 1.82) is 0 Å². The first-order valence-corrected chi connectivity index (χ1v) is 19.7. The van der Waals surface area contributed by atoms with E-state index in [1.807, 2.05) is 72.8 Å². The number of aromatic carboxylic acids is 4. The smallest absolute Gasteiger partial charge is 0.545 e. The maximum absolute atomic E-state index is 10.3. The summed E-state index contributed by atoms with van der Waals surface area (Å²) in [5.41, 5.74) is -3.39. The van der Waals surface area contributed by atoms with Crippen molar-refractivity contribution in [3.8, 4) is 0 Å². The van der Waals surface area contributed by atoms with Gasteiger partial charge in [0, 0.05) is 73.8 Å². The molecule has 2 N–H and O–H groups in total. The Bertz CT molecular complexity index is 2290. The molecule has 8 rings (SSSR count). The van der Waals surface area contributed by atoms with Crippen LogP contribution in [0.15, 0.2) is 219 Å². The number of carbonyl (C=O) groups is 4. The predicted molar refractivity (Wildman–Crippen MR) is 250 cm³/mol. The van der Waals surface area contributed by atoms with E-state index in [0.29, 0.717) is 0 Å². The number of carboxylic acid groups (broad SMARTS) is 4. The molecule has 0 fully saturated rings. The summed E-state index contributed by atoms with van der Waals surface area (Å²) in [4.78, 5) is 94.3. The molecule has 0 aliphatic rings. The van der Waals surface area contributed by atoms with Crippen LogP contribution < -0.4 is 20.4 Å². The predicted octanol–water partition coefficient (Wildman–Crippen LogP) is 3.33. The van der Waals surface area contributed by atoms with E-state index < -0.39 is 88.6 Å². The number of pyridine rings is 4. The van der Waals surface area contributed by atoms with Gasteiger partial charge in [-0.25, -0.2) is 0 Å². The molecule has 0 atom stereocenters. The number of para-hydroxylation sites is 4. The van der Waals surface area contributed by atoms with E-state index in [-0.39, 0.29) is 39.6 Å². The molecule has 25 nitrogen and oxygen atoms in total. The fourth-order valence-corrected chi connectivity index (χ4v) is 4.47. The Hall–Kier alpha value is -10.0. The van der Waals surface area contributed by atoms with E-state index >= 15 is 0 Å². The number of benzene rings is 4. The maximum atomic E-state index is 10.3. The Labute approximate surface area is 445 Å². The Morgan fingerprint density at radius 2 is 0.427 bits per heavy atom. The SMILES string of the molecule is O.O=C([O-])c1ccccc1[N+](=O)[O-].O=C([O-])c1ccccc1[N+](=O)[O-].O=C([O-])c1ccccc1[N+](=O)[O-].O=C([O-])c1ccccc1[N+](=O)[O-].[Cu+2].[Cu+2].c1ccncc1.c1ccncc1.c1ccncc1.c1ccncc1. The Morgan fingerprint density at radius 1 is 0.280 bits per heavy atom. The van der Waals surface area contributed by atoms with Gasteiger partial charge in [0.25, 0.3) is 22.7 Å². The van der Waals surface area contributed by atoms with Gasteiger partial charge >= 0.3 is 34.1 Å². The molecule has 2 radical (unpaired) electrons. The van der Waals surface area contributed by atoms with Crippen molar-refractivity contribution in [3.05, 3.63) is 282 Å². The van der Waals surface area contributed by atoms with Gasteiger partial charge in [0.15, 0.2) is 0 Å². The summed E-state index contributed by atoms with van der Waals surface area (Å²) in [7, 11) is 0. The summed E-state index contributed by atoms with van der Waals surface area (Å²) >= 11 is 0. The topological polar surface area (TPSA) is 416 Å². The second-order valence-electron chi connectivity index (χ2n) is 12.3. The van der Waals surface area contributed by atoms with Crippen LogP contribution in [0.3, 0.4) is 0 Å². The third-order valence-electron chi connectivity index (χ3n) is 7.55. The van der Waals surface area contributed by atoms with Crippen LogP contribution in [0, 0.1) is 40.5 Å². The first-order valence-electron chi connectivity index (χ1n) is 19.7. The van der Waals surface area contributed by atoms with Crippen molar-refractivity contribution in [1.82, 2.24) is 19.9 Å². The largest absolute Gasteiger partial charge is 2.00 e. The van der Waals surface area contributed by atoms with Crippen molar-refractivity contribution < 1.29 is 98.9 Å². The zero-order valence-corrected chi connectivity index (χ0v) is 39.9. The number of hydrogen-bond acceptors (Lipinski definition) is 20. The normalized spacial score (nSPS) is 8.53. The van der Waals surface area contributed by atoms with Crippen LogP contribution in [0.2, 0.25) is 0 Å². The van der Waals surface area contributed by atoms with Crippen LogP contribution >= 0.6 is 0 Å². The molecule has 4 heterocycles. The van der Waals surface area contributed by atoms with Crippen LogP contribution in [-0.2, 0) is 34.1 Å². The van der Waals surface area contributed by atoms with E-state index in [0.717, 1.165) is 48.5 Å². The van der Waals surface area contributed by atoms with Crippen molar-refractivity contribution in [2.45, 2.75) is 0 Å². The minimum Gasteiger partial charge on any atom is -0.545 e. The molecule has 4 aromatic carbocycles. The zero-order chi connectivity index (χ0) is 53.5. The second-order valence-corrected chi connectivity index (χ2v) is 12.3. The van der Waals surface area contributed by atoms with Crippen LogP contribution in [0.4, 0.5) is 22.7 Å². The minimum absolute atomic E-state index is 0. The first-order chi connectivity index (χ1) is 34.5. The average Bonchev–Trinajstić information content (AvgIpc) is 3.41. The molecule has 4 aromatic heterocycles. The Morgan fingerprint density at radius 3 is 0.507 bits per heavy atom. The molecule has 0 saturated heterocycles. The van der Waals surface area contributed by atoms with Gasteiger partial charge < -0.3 is 45.1 Å². The number of nitro groups is 4. The molecule has 0 amide bonds. The van der Waals surface area contributed by atoms with Crippen LogP contribution in [0.25, 0.3) is 0 Å². The summed E-state index contributed by atoms with van der Waals surface area (Å²) in [6.07, 6.45) is 14.0. The molecule has 0 aliphatic carbocycles. The fraction of sp³-hybridized carbons (Fsp3) is 0. The van der Waals surface area contributed by atoms with Crippen molar-refractivity contribution >= 4 is 46.6 Å². The van der Waals surface area contributed by atoms with Gasteiger partial charge in [-0.05, 0) is 72.8 Å². The molecule has 0 unspecified atom stereocenters. The zero-order valence-electron chi connectivity index (χ0n) is 38.0. The number of rotatable bonds is 8. The number of nitrogens with zero attached hydrogens (tertiary/aromatic N) is 8. The van der Waals surface area contributed by atoms with Gasteiger partial charge in [0.05, 0.1) is 65.8 Å². The molecular weight excluding hydrogens is 1090 g/mol. The van der Waals surface area contributed by atoms with Gasteiger partial charge in [-0.3, -0.25) is 60.4 Å². The number of carboxylic acids is 4. The van der Waals surface area contributed by atoms with Crippen molar-refractivity contribution in [3.63, 3.8) is 0 Å². The molecule has 0 saturated carbocycles. The molecule has 394 valence electrons. The molecule has 0 bridgehead atoms. The number of nitro benzene ring substituents is 4. The fourth-order valence-electron chi connectivity index (χ4n) is 4.47. The van der Waals surface area contributed by atoms with E-state index in [2.05, 4.69) is 19.9 Å². The first kappa shape index (κ1) is 69.2. The van der Waals surface area contributed by atoms with Crippen LogP contribution in [-0.4, -0.2) is 69.0 Å². The van der Waals surface area contributed by atoms with E-state index in [1.165, 1.54) is 48.5 Å². The molecular formula is C48H38Cu2N8O17. The van der Waals surface area contributed by atoms with Gasteiger partial charge in [-0.15, -0.1) is 0 Å². The van der Waals surface area contributed by atoms with Crippen LogP contribution in [0.1, 0.15) is 41.4 Å². The van der Waals surface area contributed by atoms with Gasteiger partial charge in [0.1, 0.15) is 0 Å². The number of carbonyl (C=O) groups excluding carboxylic acids is 4. The monoisotopic (exact) mass is 1120 g/mol. The van der Waals surface area contributed by atoms with Gasteiger partial charge in [-0.2, -0.15) is 0 Å². The van der Waals surface area contributed by atoms with Crippen molar-refractivity contribution in [2.24, 2.45) is 0 Å². The molecule has 8 aromatic rings. The summed E-state index contributed by atoms with van der Waals surface area (Å²) in [6, 6.07) is 43.0. The van der Waals surface area contributed by atoms with E-state index in [4.69, 9.17) is 0 Å². The number of hydrogen-bond donors (Lipinski definition) is 0. The molecule has 75 heavy (non-hydrogen) atoms. The van der Waals surface area contributed by atoms with Gasteiger partial charge in [0.2, 0.25) is 0 Å². The third-order valence-corrected chi connectivity index (χ3v) is 7.55. The van der Waals surface area contributed by atoms with Crippen molar-refractivity contribution in [2.75, 3.05) is 0 Å². The minimum atomic E-state index is -1.54. The molecule has 0 aliphatic heterocycles. The van der Waals surface area contributed by atoms with E-state index in [1.54, 1.807) is 49.6 Å². The Kier molecular flexibility index (Phi) is 38.5. The molecule has 0 spiro atoms. The summed E-state index contributed by atoms with van der Waals surface area (Å²) in [6.45, 7) is 0. The Balaban J connectivity index is -0.000000799. The molecule has 27 heteroatoms. The third kappa shape index (κ3) is 30.3. The van der Waals surface area contributed by atoms with E-state index in [9.17, 15) is 80.1 Å². The maximum Gasteiger partial charge on any atom is 2.00 e. The van der Waals surface area contributed by atoms with Crippen LogP contribution in [0.5, 0.6) is 0 Å². The number of aromatic nitrogens is 4. The summed E-state index contributed by atoms with van der Waals surface area (Å²) in [5, 5.41) is 82.2. The standard InChI is InChI=1S/4C7H5NO4.4C5H5N.2Cu.H2O/c4*9-7(10)5-3-1-2-4-6(5)8(11)12;4*1-2-4-6-5-3-1;;;/h4*1-4H,(H,9,10);4*1-5H;;;1H2/q;;;;;;;;2*+2;/p-4. The van der Waals surface area contributed by atoms with Gasteiger partial charge in [-0.1, -0.05) is 72.8 Å². The second kappa shape index (κ2) is 41.7. The summed E-state index contributed by atoms with van der Waals surface area (Å²) in [5.74, 6) is -6.16. The summed E-state index contributed by atoms with van der Waals surface area (Å²) < 4.78 is 0. The average molecular weight is 1130 g/mol. The quantitative estimate of drug-likeness (QED) is 0.120.